The van der Waals surface area contributed by atoms with Crippen molar-refractivity contribution in [2.75, 3.05) is 49.5 Å². The van der Waals surface area contributed by atoms with E-state index in [9.17, 15) is 14.4 Å². The average molecular weight is 377 g/mol. The van der Waals surface area contributed by atoms with Crippen LogP contribution in [0.5, 0.6) is 0 Å². The first-order valence-corrected chi connectivity index (χ1v) is 10.3. The van der Waals surface area contributed by atoms with Gasteiger partial charge in [-0.2, -0.15) is 0 Å². The van der Waals surface area contributed by atoms with Crippen LogP contribution in [0.25, 0.3) is 0 Å². The molecular weight excluding hydrogens is 346 g/mol. The van der Waals surface area contributed by atoms with Crippen LogP contribution in [0.3, 0.4) is 0 Å². The van der Waals surface area contributed by atoms with Crippen LogP contribution in [-0.2, 0) is 9.53 Å². The maximum atomic E-state index is 12.1. The zero-order chi connectivity index (χ0) is 19.4. The van der Waals surface area contributed by atoms with Crippen LogP contribution in [0.4, 0.5) is 11.4 Å². The highest BCUT2D eigenvalue weighted by atomic mass is 16.5. The summed E-state index contributed by atoms with van der Waals surface area (Å²) in [6, 6.07) is 0.578. The van der Waals surface area contributed by atoms with Gasteiger partial charge in [0.25, 0.3) is 10.9 Å². The molecule has 1 atom stereocenters. The van der Waals surface area contributed by atoms with E-state index in [1.54, 1.807) is 6.92 Å². The van der Waals surface area contributed by atoms with Gasteiger partial charge in [0.05, 0.1) is 12.5 Å². The Balaban J connectivity index is 1.54. The Morgan fingerprint density at radius 3 is 2.52 bits per heavy atom. The quantitative estimate of drug-likeness (QED) is 0.567. The minimum Gasteiger partial charge on any atom is -0.466 e. The number of carbonyl (C=O) groups is 1. The lowest BCUT2D eigenvalue weighted by Gasteiger charge is -2.35. The van der Waals surface area contributed by atoms with Crippen LogP contribution >= 0.6 is 0 Å². The molecule has 150 valence electrons. The monoisotopic (exact) mass is 377 g/mol. The van der Waals surface area contributed by atoms with Crippen molar-refractivity contribution in [2.24, 2.45) is 5.92 Å². The maximum absolute atomic E-state index is 12.1. The second-order valence-corrected chi connectivity index (χ2v) is 7.70. The van der Waals surface area contributed by atoms with Gasteiger partial charge in [-0.25, -0.2) is 0 Å². The first-order valence-electron chi connectivity index (χ1n) is 10.3. The number of nitrogens with zero attached hydrogens (tertiary/aromatic N) is 2. The number of piperidine rings is 2. The topological polar surface area (TPSA) is 79.0 Å². The molecule has 0 bridgehead atoms. The molecule has 0 amide bonds. The fourth-order valence-electron chi connectivity index (χ4n) is 4.26. The summed E-state index contributed by atoms with van der Waals surface area (Å²) in [6.07, 6.45) is 5.05. The minimum absolute atomic E-state index is 0.107. The summed E-state index contributed by atoms with van der Waals surface area (Å²) < 4.78 is 5.09. The van der Waals surface area contributed by atoms with Crippen LogP contribution in [0.1, 0.15) is 46.0 Å². The highest BCUT2D eigenvalue weighted by Gasteiger charge is 2.31. The van der Waals surface area contributed by atoms with Gasteiger partial charge in [-0.15, -0.1) is 0 Å². The van der Waals surface area contributed by atoms with Crippen molar-refractivity contribution in [2.45, 2.75) is 52.0 Å². The van der Waals surface area contributed by atoms with Gasteiger partial charge < -0.3 is 15.0 Å². The van der Waals surface area contributed by atoms with E-state index in [1.165, 1.54) is 19.3 Å². The van der Waals surface area contributed by atoms with Crippen LogP contribution in [-0.4, -0.2) is 56.2 Å². The van der Waals surface area contributed by atoms with Crippen LogP contribution in [0.2, 0.25) is 0 Å². The zero-order valence-electron chi connectivity index (χ0n) is 16.5. The van der Waals surface area contributed by atoms with E-state index in [-0.39, 0.29) is 11.9 Å². The molecule has 2 fully saturated rings. The molecule has 0 saturated carbocycles. The molecule has 3 rings (SSSR count). The third-order valence-corrected chi connectivity index (χ3v) is 5.96. The Labute approximate surface area is 160 Å². The lowest BCUT2D eigenvalue weighted by Crippen LogP contribution is -2.47. The molecule has 2 heterocycles. The predicted molar refractivity (Wildman–Crippen MR) is 106 cm³/mol. The largest absolute Gasteiger partial charge is 0.466 e. The van der Waals surface area contributed by atoms with Crippen molar-refractivity contribution in [1.82, 2.24) is 4.90 Å². The van der Waals surface area contributed by atoms with Gasteiger partial charge in [-0.3, -0.25) is 19.3 Å². The van der Waals surface area contributed by atoms with Crippen molar-refractivity contribution >= 4 is 17.3 Å². The summed E-state index contributed by atoms with van der Waals surface area (Å²) in [5.41, 5.74) is 0.149. The minimum atomic E-state index is -0.413. The summed E-state index contributed by atoms with van der Waals surface area (Å²) in [5, 5.41) is 3.20. The van der Waals surface area contributed by atoms with Crippen molar-refractivity contribution in [3.8, 4) is 0 Å². The molecule has 1 aromatic carbocycles. The molecule has 2 aliphatic rings. The number of anilines is 2. The van der Waals surface area contributed by atoms with Gasteiger partial charge in [0.2, 0.25) is 0 Å². The van der Waals surface area contributed by atoms with Crippen LogP contribution < -0.4 is 21.1 Å². The molecule has 0 unspecified atom stereocenters. The maximum Gasteiger partial charge on any atom is 0.309 e. The van der Waals surface area contributed by atoms with Gasteiger partial charge in [-0.1, -0.05) is 6.42 Å². The molecule has 0 aliphatic carbocycles. The van der Waals surface area contributed by atoms with Crippen LogP contribution in [0, 0.1) is 5.92 Å². The Bertz CT molecular complexity index is 717. The van der Waals surface area contributed by atoms with Crippen molar-refractivity contribution in [1.29, 1.82) is 0 Å². The average Bonchev–Trinajstić information content (AvgIpc) is 2.68. The fourth-order valence-corrected chi connectivity index (χ4v) is 4.26. The number of ether oxygens (including phenoxy) is 1. The van der Waals surface area contributed by atoms with Gasteiger partial charge in [0.15, 0.2) is 0 Å². The summed E-state index contributed by atoms with van der Waals surface area (Å²) in [6.45, 7) is 8.29. The number of hydrogen-bond donors (Lipinski definition) is 1. The van der Waals surface area contributed by atoms with Gasteiger partial charge in [0.1, 0.15) is 11.4 Å². The molecule has 0 aromatic heterocycles. The number of esters is 1. The van der Waals surface area contributed by atoms with E-state index in [2.05, 4.69) is 17.1 Å². The van der Waals surface area contributed by atoms with Crippen molar-refractivity contribution in [3.63, 3.8) is 0 Å². The van der Waals surface area contributed by atoms with Gasteiger partial charge in [0, 0.05) is 32.2 Å². The molecular formula is C20H31N3O4. The molecule has 27 heavy (non-hydrogen) atoms. The smallest absolute Gasteiger partial charge is 0.309 e. The molecule has 7 nitrogen and oxygen atoms in total. The molecule has 0 radical (unpaired) electrons. The van der Waals surface area contributed by atoms with E-state index < -0.39 is 10.9 Å². The van der Waals surface area contributed by atoms with E-state index in [0.29, 0.717) is 56.5 Å². The Hall–Kier alpha value is -1.89. The summed E-state index contributed by atoms with van der Waals surface area (Å²) in [5.74, 6) is -0.263. The van der Waals surface area contributed by atoms with E-state index in [0.717, 1.165) is 13.1 Å². The Morgan fingerprint density at radius 1 is 1.11 bits per heavy atom. The third-order valence-electron chi connectivity index (χ3n) is 5.96. The predicted octanol–water partition coefficient (Wildman–Crippen LogP) is 1.35. The third kappa shape index (κ3) is 4.34. The Morgan fingerprint density at radius 2 is 1.85 bits per heavy atom. The van der Waals surface area contributed by atoms with Crippen LogP contribution in [0.15, 0.2) is 9.59 Å². The molecule has 0 spiro atoms. The molecule has 1 N–H and O–H groups in total. The lowest BCUT2D eigenvalue weighted by molar-refractivity contribution is -0.148. The highest BCUT2D eigenvalue weighted by molar-refractivity contribution is 5.76. The van der Waals surface area contributed by atoms with Crippen molar-refractivity contribution < 1.29 is 9.53 Å². The van der Waals surface area contributed by atoms with E-state index in [4.69, 9.17) is 4.74 Å². The zero-order valence-corrected chi connectivity index (χ0v) is 16.5. The fraction of sp³-hybridized carbons (Fsp3) is 0.750. The molecule has 1 aromatic rings. The first kappa shape index (κ1) is 19.9. The number of carbonyl (C=O) groups excluding carboxylic acids is 1. The molecule has 2 saturated heterocycles. The SMILES string of the molecule is CCOC(=O)C1CCN(c2c(NCCN3CCCC[C@H]3C)c(=O)c2=O)CC1. The summed E-state index contributed by atoms with van der Waals surface area (Å²) in [7, 11) is 0. The standard InChI is InChI=1S/C20H31N3O4/c1-3-27-20(26)15-7-11-23(12-8-15)17-16(18(24)19(17)25)21-9-13-22-10-5-4-6-14(22)2/h14-15,21H,3-13H2,1-2H3/t14-/m1/s1. The second kappa shape index (κ2) is 8.87. The Kier molecular flexibility index (Phi) is 6.52. The molecule has 7 heteroatoms. The first-order chi connectivity index (χ1) is 13.0. The summed E-state index contributed by atoms with van der Waals surface area (Å²) >= 11 is 0. The highest BCUT2D eigenvalue weighted by Crippen LogP contribution is 2.27. The van der Waals surface area contributed by atoms with Gasteiger partial charge >= 0.3 is 5.97 Å². The molecule has 2 aliphatic heterocycles. The normalized spacial score (nSPS) is 22.1. The second-order valence-electron chi connectivity index (χ2n) is 7.70. The summed E-state index contributed by atoms with van der Waals surface area (Å²) in [4.78, 5) is 40.4. The number of likely N-dealkylation sites (tertiary alicyclic amines) is 1. The number of nitrogens with one attached hydrogen (secondary N) is 1. The van der Waals surface area contributed by atoms with Gasteiger partial charge in [-0.05, 0) is 46.1 Å². The number of hydrogen-bond acceptors (Lipinski definition) is 7. The lowest BCUT2D eigenvalue weighted by atomic mass is 9.96. The van der Waals surface area contributed by atoms with Crippen molar-refractivity contribution in [3.05, 3.63) is 20.4 Å². The van der Waals surface area contributed by atoms with E-state index in [1.807, 2.05) is 4.90 Å². The van der Waals surface area contributed by atoms with E-state index >= 15 is 0 Å². The number of rotatable bonds is 7.